The van der Waals surface area contributed by atoms with Gasteiger partial charge >= 0.3 is 11.9 Å². The molecule has 0 saturated carbocycles. The molecule has 2 heterocycles. The average molecular weight is 461 g/mol. The molecule has 0 radical (unpaired) electrons. The van der Waals surface area contributed by atoms with Crippen LogP contribution in [-0.4, -0.2) is 77.6 Å². The molecule has 2 aliphatic heterocycles. The monoisotopic (exact) mass is 460 g/mol. The number of hydrogen-bond donors (Lipinski definition) is 0. The van der Waals surface area contributed by atoms with E-state index in [0.29, 0.717) is 11.3 Å². The fourth-order valence-corrected chi connectivity index (χ4v) is 3.84. The minimum absolute atomic E-state index is 0.0231. The van der Waals surface area contributed by atoms with Crippen LogP contribution in [-0.2, 0) is 33.4 Å². The zero-order valence-corrected chi connectivity index (χ0v) is 19.8. The number of allylic oxidation sites excluding steroid dienone is 3. The van der Waals surface area contributed by atoms with Gasteiger partial charge < -0.3 is 24.0 Å². The van der Waals surface area contributed by atoms with Crippen molar-refractivity contribution in [3.8, 4) is 0 Å². The second kappa shape index (κ2) is 9.91. The maximum Gasteiger partial charge on any atom is 0.351 e. The molecule has 0 aromatic carbocycles. The van der Waals surface area contributed by atoms with Crippen LogP contribution in [0.4, 0.5) is 0 Å². The van der Waals surface area contributed by atoms with E-state index in [-0.39, 0.29) is 25.0 Å². The van der Waals surface area contributed by atoms with E-state index >= 15 is 0 Å². The Balaban J connectivity index is 1.81. The van der Waals surface area contributed by atoms with Crippen LogP contribution in [0.1, 0.15) is 41.0 Å². The quantitative estimate of drug-likeness (QED) is 0.576. The number of carbonyl (C=O) groups is 4. The van der Waals surface area contributed by atoms with Crippen molar-refractivity contribution in [2.24, 2.45) is 5.92 Å². The van der Waals surface area contributed by atoms with Gasteiger partial charge in [0.25, 0.3) is 11.8 Å². The van der Waals surface area contributed by atoms with Crippen LogP contribution in [0.5, 0.6) is 0 Å². The minimum atomic E-state index is -1.52. The number of ether oxygens (including phenoxy) is 3. The first-order valence-corrected chi connectivity index (χ1v) is 11.2. The number of likely N-dealkylation sites (tertiary alicyclic amines) is 1. The maximum atomic E-state index is 13.4. The van der Waals surface area contributed by atoms with Crippen molar-refractivity contribution in [1.29, 1.82) is 0 Å². The van der Waals surface area contributed by atoms with Gasteiger partial charge in [-0.3, -0.25) is 14.4 Å². The Hall–Kier alpha value is -2.94. The number of rotatable bonds is 5. The lowest BCUT2D eigenvalue weighted by Gasteiger charge is -2.37. The van der Waals surface area contributed by atoms with Gasteiger partial charge in [-0.05, 0) is 39.3 Å². The van der Waals surface area contributed by atoms with Crippen molar-refractivity contribution < 1.29 is 33.4 Å². The Labute approximate surface area is 194 Å². The summed E-state index contributed by atoms with van der Waals surface area (Å²) in [5.74, 6) is -2.33. The molecule has 2 amide bonds. The molecule has 0 bridgehead atoms. The summed E-state index contributed by atoms with van der Waals surface area (Å²) >= 11 is 0. The van der Waals surface area contributed by atoms with E-state index in [2.05, 4.69) is 0 Å². The van der Waals surface area contributed by atoms with Crippen molar-refractivity contribution in [3.63, 3.8) is 0 Å². The lowest BCUT2D eigenvalue weighted by atomic mass is 10.0. The first-order valence-electron chi connectivity index (χ1n) is 11.2. The second-order valence-corrected chi connectivity index (χ2v) is 9.35. The van der Waals surface area contributed by atoms with E-state index < -0.39 is 35.7 Å². The van der Waals surface area contributed by atoms with Gasteiger partial charge in [0, 0.05) is 43.7 Å². The fourth-order valence-electron chi connectivity index (χ4n) is 3.84. The zero-order chi connectivity index (χ0) is 24.3. The predicted molar refractivity (Wildman–Crippen MR) is 119 cm³/mol. The molecular formula is C24H32N2O7. The van der Waals surface area contributed by atoms with Crippen LogP contribution < -0.4 is 0 Å². The van der Waals surface area contributed by atoms with Gasteiger partial charge in [0.15, 0.2) is 6.10 Å². The predicted octanol–water partition coefficient (Wildman–Crippen LogP) is 1.74. The Morgan fingerprint density at radius 1 is 1.18 bits per heavy atom. The Morgan fingerprint density at radius 3 is 2.45 bits per heavy atom. The van der Waals surface area contributed by atoms with E-state index in [9.17, 15) is 19.2 Å². The number of carbonyl (C=O) groups excluding carboxylic acids is 4. The fraction of sp³-hybridized carbons (Fsp3) is 0.583. The molecule has 33 heavy (non-hydrogen) atoms. The molecule has 180 valence electrons. The van der Waals surface area contributed by atoms with Gasteiger partial charge in [0.05, 0.1) is 6.61 Å². The standard InChI is InChI=1S/C24H32N2O7/c1-15-14-17(21(28)25-10-7-11-25)8-6-9-18(15)26-12-13-31-19(22(26)29)20(32-16(2)27)23(30)33-24(3,4)5/h6,8-9,14-15,19-20H,7,10-13H2,1-5H3/t15?,19-,20-/m1/s1. The molecule has 3 atom stereocenters. The van der Waals surface area contributed by atoms with Crippen LogP contribution in [0.3, 0.4) is 0 Å². The Kier molecular flexibility index (Phi) is 7.41. The molecule has 1 unspecified atom stereocenters. The molecule has 2 fully saturated rings. The van der Waals surface area contributed by atoms with E-state index in [4.69, 9.17) is 14.2 Å². The van der Waals surface area contributed by atoms with Crippen LogP contribution >= 0.6 is 0 Å². The van der Waals surface area contributed by atoms with Crippen LogP contribution in [0.25, 0.3) is 0 Å². The number of hydrogen-bond acceptors (Lipinski definition) is 7. The van der Waals surface area contributed by atoms with Gasteiger partial charge in [-0.1, -0.05) is 19.1 Å². The summed E-state index contributed by atoms with van der Waals surface area (Å²) in [7, 11) is 0. The molecule has 0 spiro atoms. The average Bonchev–Trinajstić information content (AvgIpc) is 2.85. The molecule has 0 aromatic rings. The third kappa shape index (κ3) is 5.90. The second-order valence-electron chi connectivity index (χ2n) is 9.35. The highest BCUT2D eigenvalue weighted by Gasteiger charge is 2.45. The van der Waals surface area contributed by atoms with E-state index in [1.54, 1.807) is 43.9 Å². The number of esters is 2. The lowest BCUT2D eigenvalue weighted by Crippen LogP contribution is -2.56. The van der Waals surface area contributed by atoms with Gasteiger partial charge in [0.1, 0.15) is 5.60 Å². The van der Waals surface area contributed by atoms with Crippen molar-refractivity contribution in [2.75, 3.05) is 26.2 Å². The summed E-state index contributed by atoms with van der Waals surface area (Å²) in [4.78, 5) is 53.7. The molecule has 9 nitrogen and oxygen atoms in total. The summed E-state index contributed by atoms with van der Waals surface area (Å²) in [5, 5.41) is 0. The van der Waals surface area contributed by atoms with Crippen molar-refractivity contribution >= 4 is 23.8 Å². The Bertz CT molecular complexity index is 908. The summed E-state index contributed by atoms with van der Waals surface area (Å²) in [6.07, 6.45) is 5.27. The molecule has 0 aromatic heterocycles. The lowest BCUT2D eigenvalue weighted by molar-refractivity contribution is -0.192. The molecule has 2 saturated heterocycles. The van der Waals surface area contributed by atoms with Crippen molar-refractivity contribution in [2.45, 2.75) is 58.8 Å². The van der Waals surface area contributed by atoms with Gasteiger partial charge in [-0.25, -0.2) is 4.79 Å². The molecule has 3 rings (SSSR count). The highest BCUT2D eigenvalue weighted by molar-refractivity contribution is 5.97. The first kappa shape index (κ1) is 24.7. The van der Waals surface area contributed by atoms with Gasteiger partial charge in [-0.2, -0.15) is 0 Å². The SMILES string of the molecule is CC(=O)O[C@@H](C(=O)OC(C)(C)C)[C@H]1OCCN(C2=CC=CC(C(=O)N3CCC3)=CC2C)C1=O. The molecule has 1 aliphatic carbocycles. The highest BCUT2D eigenvalue weighted by atomic mass is 16.6. The Morgan fingerprint density at radius 2 is 1.88 bits per heavy atom. The molecular weight excluding hydrogens is 428 g/mol. The summed E-state index contributed by atoms with van der Waals surface area (Å²) in [6, 6.07) is 0. The smallest absolute Gasteiger partial charge is 0.351 e. The van der Waals surface area contributed by atoms with E-state index in [1.165, 1.54) is 4.90 Å². The van der Waals surface area contributed by atoms with Gasteiger partial charge in [0.2, 0.25) is 6.10 Å². The third-order valence-electron chi connectivity index (χ3n) is 5.47. The highest BCUT2D eigenvalue weighted by Crippen LogP contribution is 2.28. The van der Waals surface area contributed by atoms with Crippen molar-refractivity contribution in [1.82, 2.24) is 9.80 Å². The van der Waals surface area contributed by atoms with Crippen LogP contribution in [0.15, 0.2) is 35.6 Å². The molecule has 0 N–H and O–H groups in total. The van der Waals surface area contributed by atoms with Crippen LogP contribution in [0.2, 0.25) is 0 Å². The topological polar surface area (TPSA) is 102 Å². The number of morpholine rings is 1. The number of amides is 2. The van der Waals surface area contributed by atoms with E-state index in [1.807, 2.05) is 13.0 Å². The summed E-state index contributed by atoms with van der Waals surface area (Å²) in [6.45, 7) is 10.0. The van der Waals surface area contributed by atoms with E-state index in [0.717, 1.165) is 26.4 Å². The summed E-state index contributed by atoms with van der Waals surface area (Å²) in [5.41, 5.74) is 0.416. The summed E-state index contributed by atoms with van der Waals surface area (Å²) < 4.78 is 16.1. The third-order valence-corrected chi connectivity index (χ3v) is 5.47. The zero-order valence-electron chi connectivity index (χ0n) is 19.8. The molecule has 3 aliphatic rings. The largest absolute Gasteiger partial charge is 0.457 e. The first-order chi connectivity index (χ1) is 15.5. The minimum Gasteiger partial charge on any atom is -0.457 e. The maximum absolute atomic E-state index is 13.4. The van der Waals surface area contributed by atoms with Gasteiger partial charge in [-0.15, -0.1) is 0 Å². The normalized spacial score (nSPS) is 24.2. The molecule has 9 heteroatoms. The number of nitrogens with zero attached hydrogens (tertiary/aromatic N) is 2. The van der Waals surface area contributed by atoms with Crippen molar-refractivity contribution in [3.05, 3.63) is 35.6 Å². The van der Waals surface area contributed by atoms with Crippen LogP contribution in [0, 0.1) is 5.92 Å².